The van der Waals surface area contributed by atoms with Crippen LogP contribution >= 0.6 is 0 Å². The minimum Gasteiger partial charge on any atom is -0.457 e. The largest absolute Gasteiger partial charge is 0.457 e. The molecule has 0 aliphatic carbocycles. The van der Waals surface area contributed by atoms with Crippen molar-refractivity contribution >= 4 is 21.6 Å². The number of anilines is 1. The molecule has 6 nitrogen and oxygen atoms in total. The van der Waals surface area contributed by atoms with Gasteiger partial charge in [0.1, 0.15) is 11.5 Å². The van der Waals surface area contributed by atoms with E-state index in [1.807, 2.05) is 44.2 Å². The van der Waals surface area contributed by atoms with Gasteiger partial charge in [0.15, 0.2) is 0 Å². The summed E-state index contributed by atoms with van der Waals surface area (Å²) >= 11 is 0. The molecule has 0 spiro atoms. The highest BCUT2D eigenvalue weighted by atomic mass is 32.2. The lowest BCUT2D eigenvalue weighted by Crippen LogP contribution is -2.33. The van der Waals surface area contributed by atoms with Crippen LogP contribution in [0, 0.1) is 0 Å². The first-order valence-corrected chi connectivity index (χ1v) is 13.1. The zero-order valence-electron chi connectivity index (χ0n) is 19.7. The van der Waals surface area contributed by atoms with Crippen LogP contribution in [0.2, 0.25) is 0 Å². The Morgan fingerprint density at radius 2 is 1.41 bits per heavy atom. The number of rotatable bonds is 12. The Bertz CT molecular complexity index is 1150. The van der Waals surface area contributed by atoms with Gasteiger partial charge in [0, 0.05) is 18.8 Å². The zero-order valence-corrected chi connectivity index (χ0v) is 20.6. The Morgan fingerprint density at radius 1 is 0.824 bits per heavy atom. The second-order valence-corrected chi connectivity index (χ2v) is 9.94. The number of ether oxygens (including phenoxy) is 1. The van der Waals surface area contributed by atoms with Crippen molar-refractivity contribution in [2.75, 3.05) is 18.4 Å². The molecule has 0 atom stereocenters. The van der Waals surface area contributed by atoms with Gasteiger partial charge < -0.3 is 10.1 Å². The molecule has 1 N–H and O–H groups in total. The van der Waals surface area contributed by atoms with Gasteiger partial charge in [0.2, 0.25) is 10.0 Å². The molecule has 7 heteroatoms. The third-order valence-electron chi connectivity index (χ3n) is 5.37. The molecule has 0 aromatic heterocycles. The zero-order chi connectivity index (χ0) is 24.4. The number of unbranched alkanes of at least 4 members (excludes halogenated alkanes) is 2. The van der Waals surface area contributed by atoms with Gasteiger partial charge >= 0.3 is 0 Å². The van der Waals surface area contributed by atoms with Gasteiger partial charge in [0.05, 0.1) is 10.5 Å². The lowest BCUT2D eigenvalue weighted by atomic mass is 10.2. The summed E-state index contributed by atoms with van der Waals surface area (Å²) in [6.07, 6.45) is 3.50. The SMILES string of the molecule is CCCCN(CCCC)S(=O)(=O)c1ccc(NC(=O)c2ccccc2Oc2ccccc2)cc1. The summed E-state index contributed by atoms with van der Waals surface area (Å²) in [5, 5.41) is 2.83. The lowest BCUT2D eigenvalue weighted by molar-refractivity contribution is 0.102. The summed E-state index contributed by atoms with van der Waals surface area (Å²) in [7, 11) is -3.58. The summed E-state index contributed by atoms with van der Waals surface area (Å²) in [6, 6.07) is 22.6. The fraction of sp³-hybridized carbons (Fsp3) is 0.296. The molecule has 0 radical (unpaired) electrons. The van der Waals surface area contributed by atoms with E-state index in [-0.39, 0.29) is 10.8 Å². The number of carbonyl (C=O) groups is 1. The Hall–Kier alpha value is -3.16. The van der Waals surface area contributed by atoms with Crippen LogP contribution in [-0.4, -0.2) is 31.7 Å². The number of hydrogen-bond donors (Lipinski definition) is 1. The number of benzene rings is 3. The quantitative estimate of drug-likeness (QED) is 0.329. The van der Waals surface area contributed by atoms with Crippen molar-refractivity contribution in [1.29, 1.82) is 0 Å². The average Bonchev–Trinajstić information content (AvgIpc) is 2.85. The smallest absolute Gasteiger partial charge is 0.259 e. The van der Waals surface area contributed by atoms with Crippen LogP contribution in [-0.2, 0) is 10.0 Å². The van der Waals surface area contributed by atoms with Gasteiger partial charge in [-0.3, -0.25) is 4.79 Å². The lowest BCUT2D eigenvalue weighted by Gasteiger charge is -2.22. The number of amides is 1. The molecule has 3 aromatic rings. The van der Waals surface area contributed by atoms with Crippen LogP contribution < -0.4 is 10.1 Å². The molecular formula is C27H32N2O4S. The maximum atomic E-state index is 13.1. The minimum atomic E-state index is -3.58. The maximum Gasteiger partial charge on any atom is 0.259 e. The van der Waals surface area contributed by atoms with Crippen molar-refractivity contribution in [2.24, 2.45) is 0 Å². The second-order valence-electron chi connectivity index (χ2n) is 8.00. The van der Waals surface area contributed by atoms with Gasteiger partial charge in [-0.1, -0.05) is 57.0 Å². The molecule has 0 bridgehead atoms. The van der Waals surface area contributed by atoms with Crippen molar-refractivity contribution < 1.29 is 17.9 Å². The summed E-state index contributed by atoms with van der Waals surface area (Å²) < 4.78 is 33.7. The van der Waals surface area contributed by atoms with Crippen LogP contribution in [0.1, 0.15) is 49.9 Å². The molecule has 3 aromatic carbocycles. The Balaban J connectivity index is 1.74. The first kappa shape index (κ1) is 25.5. The Morgan fingerprint density at radius 3 is 2.03 bits per heavy atom. The van der Waals surface area contributed by atoms with Crippen LogP contribution in [0.15, 0.2) is 83.8 Å². The summed E-state index contributed by atoms with van der Waals surface area (Å²) in [5.74, 6) is 0.732. The van der Waals surface area contributed by atoms with E-state index in [0.29, 0.717) is 35.8 Å². The number of nitrogens with one attached hydrogen (secondary N) is 1. The normalized spacial score (nSPS) is 11.4. The Labute approximate surface area is 202 Å². The molecule has 0 saturated carbocycles. The average molecular weight is 481 g/mol. The number of nitrogens with zero attached hydrogens (tertiary/aromatic N) is 1. The molecule has 0 fully saturated rings. The highest BCUT2D eigenvalue weighted by Gasteiger charge is 2.23. The number of sulfonamides is 1. The predicted octanol–water partition coefficient (Wildman–Crippen LogP) is 6.32. The molecule has 34 heavy (non-hydrogen) atoms. The van der Waals surface area contributed by atoms with Crippen LogP contribution in [0.3, 0.4) is 0 Å². The molecule has 0 heterocycles. The van der Waals surface area contributed by atoms with Crippen molar-refractivity contribution in [2.45, 2.75) is 44.4 Å². The fourth-order valence-corrected chi connectivity index (χ4v) is 4.95. The standard InChI is InChI=1S/C27H32N2O4S/c1-3-5-20-29(21-6-4-2)34(31,32)24-18-16-22(17-19-24)28-27(30)25-14-10-11-15-26(25)33-23-12-8-7-9-13-23/h7-19H,3-6,20-21H2,1-2H3,(H,28,30). The summed E-state index contributed by atoms with van der Waals surface area (Å²) in [4.78, 5) is 13.2. The topological polar surface area (TPSA) is 75.7 Å². The van der Waals surface area contributed by atoms with E-state index in [1.54, 1.807) is 52.8 Å². The minimum absolute atomic E-state index is 0.227. The first-order valence-electron chi connectivity index (χ1n) is 11.7. The number of carbonyl (C=O) groups excluding carboxylic acids is 1. The van der Waals surface area contributed by atoms with E-state index >= 15 is 0 Å². The molecule has 1 amide bonds. The molecule has 0 aliphatic heterocycles. The number of hydrogen-bond acceptors (Lipinski definition) is 4. The van der Waals surface area contributed by atoms with Gasteiger partial charge in [0.25, 0.3) is 5.91 Å². The molecule has 0 aliphatic rings. The molecule has 3 rings (SSSR count). The summed E-state index contributed by atoms with van der Waals surface area (Å²) in [6.45, 7) is 5.11. The van der Waals surface area contributed by atoms with Crippen LogP contribution in [0.25, 0.3) is 0 Å². The third-order valence-corrected chi connectivity index (χ3v) is 7.29. The maximum absolute atomic E-state index is 13.1. The second kappa shape index (κ2) is 12.3. The highest BCUT2D eigenvalue weighted by molar-refractivity contribution is 7.89. The van der Waals surface area contributed by atoms with Crippen molar-refractivity contribution in [3.63, 3.8) is 0 Å². The van der Waals surface area contributed by atoms with E-state index < -0.39 is 10.0 Å². The summed E-state index contributed by atoms with van der Waals surface area (Å²) in [5.41, 5.74) is 0.889. The van der Waals surface area contributed by atoms with Crippen molar-refractivity contribution in [1.82, 2.24) is 4.31 Å². The van der Waals surface area contributed by atoms with Gasteiger partial charge in [-0.2, -0.15) is 4.31 Å². The molecular weight excluding hydrogens is 448 g/mol. The van der Waals surface area contributed by atoms with E-state index in [2.05, 4.69) is 5.32 Å². The van der Waals surface area contributed by atoms with Crippen molar-refractivity contribution in [3.8, 4) is 11.5 Å². The molecule has 0 unspecified atom stereocenters. The van der Waals surface area contributed by atoms with Gasteiger partial charge in [-0.25, -0.2) is 8.42 Å². The van der Waals surface area contributed by atoms with Crippen LogP contribution in [0.5, 0.6) is 11.5 Å². The van der Waals surface area contributed by atoms with E-state index in [1.165, 1.54) is 0 Å². The first-order chi connectivity index (χ1) is 16.5. The van der Waals surface area contributed by atoms with Gasteiger partial charge in [-0.05, 0) is 61.4 Å². The number of para-hydroxylation sites is 2. The monoisotopic (exact) mass is 480 g/mol. The van der Waals surface area contributed by atoms with E-state index in [4.69, 9.17) is 4.74 Å². The van der Waals surface area contributed by atoms with Gasteiger partial charge in [-0.15, -0.1) is 0 Å². The predicted molar refractivity (Wildman–Crippen MR) is 136 cm³/mol. The van der Waals surface area contributed by atoms with Crippen LogP contribution in [0.4, 0.5) is 5.69 Å². The highest BCUT2D eigenvalue weighted by Crippen LogP contribution is 2.26. The van der Waals surface area contributed by atoms with E-state index in [9.17, 15) is 13.2 Å². The molecule has 0 saturated heterocycles. The van der Waals surface area contributed by atoms with Crippen molar-refractivity contribution in [3.05, 3.63) is 84.4 Å². The van der Waals surface area contributed by atoms with E-state index in [0.717, 1.165) is 25.7 Å². The third kappa shape index (κ3) is 6.68. The fourth-order valence-electron chi connectivity index (χ4n) is 3.44. The molecule has 180 valence electrons. The Kier molecular flexibility index (Phi) is 9.24.